The van der Waals surface area contributed by atoms with Crippen LogP contribution in [0, 0.1) is 12.8 Å². The van der Waals surface area contributed by atoms with E-state index in [1.165, 1.54) is 29.1 Å². The minimum Gasteiger partial charge on any atom is -0.329 e. The second kappa shape index (κ2) is 5.51. The van der Waals surface area contributed by atoms with E-state index >= 15 is 0 Å². The van der Waals surface area contributed by atoms with E-state index in [1.807, 2.05) is 11.3 Å². The molecule has 2 N–H and O–H groups in total. The zero-order chi connectivity index (χ0) is 12.4. The molecule has 1 aromatic heterocycles. The van der Waals surface area contributed by atoms with Crippen LogP contribution in [0.15, 0.2) is 12.1 Å². The van der Waals surface area contributed by atoms with Gasteiger partial charge in [-0.3, -0.25) is 4.90 Å². The fraction of sp³-hybridized carbons (Fsp3) is 0.714. The summed E-state index contributed by atoms with van der Waals surface area (Å²) in [6, 6.07) is 5.62. The van der Waals surface area contributed by atoms with Crippen molar-refractivity contribution in [1.82, 2.24) is 4.90 Å². The average Bonchev–Trinajstić information content (AvgIpc) is 2.89. The highest BCUT2D eigenvalue weighted by Gasteiger charge is 2.33. The minimum atomic E-state index is 0.434. The van der Waals surface area contributed by atoms with Gasteiger partial charge in [-0.2, -0.15) is 0 Å². The number of hydrogen-bond donors (Lipinski definition) is 1. The van der Waals surface area contributed by atoms with Gasteiger partial charge in [-0.1, -0.05) is 13.8 Å². The van der Waals surface area contributed by atoms with Gasteiger partial charge in [-0.15, -0.1) is 11.3 Å². The van der Waals surface area contributed by atoms with Crippen LogP contribution in [-0.2, 0) is 0 Å². The monoisotopic (exact) mass is 252 g/mol. The Morgan fingerprint density at radius 3 is 2.76 bits per heavy atom. The van der Waals surface area contributed by atoms with Gasteiger partial charge >= 0.3 is 0 Å². The van der Waals surface area contributed by atoms with Crippen molar-refractivity contribution in [1.29, 1.82) is 0 Å². The van der Waals surface area contributed by atoms with Gasteiger partial charge in [0.05, 0.1) is 6.04 Å². The van der Waals surface area contributed by atoms with Gasteiger partial charge in [0.1, 0.15) is 0 Å². The zero-order valence-corrected chi connectivity index (χ0v) is 12.0. The lowest BCUT2D eigenvalue weighted by Gasteiger charge is -2.34. The van der Waals surface area contributed by atoms with E-state index in [-0.39, 0.29) is 0 Å². The van der Waals surface area contributed by atoms with Crippen LogP contribution in [0.25, 0.3) is 0 Å². The van der Waals surface area contributed by atoms with Crippen LogP contribution in [0.2, 0.25) is 0 Å². The van der Waals surface area contributed by atoms with Crippen LogP contribution in [0.1, 0.15) is 42.5 Å². The number of nitrogens with zero attached hydrogens (tertiary/aromatic N) is 1. The predicted molar refractivity (Wildman–Crippen MR) is 75.4 cm³/mol. The number of likely N-dealkylation sites (tertiary alicyclic amines) is 1. The Kier molecular flexibility index (Phi) is 4.23. The summed E-state index contributed by atoms with van der Waals surface area (Å²) in [4.78, 5) is 5.46. The van der Waals surface area contributed by atoms with Gasteiger partial charge in [0.2, 0.25) is 0 Å². The molecule has 2 nitrogen and oxygen atoms in total. The van der Waals surface area contributed by atoms with E-state index in [9.17, 15) is 0 Å². The molecule has 0 aliphatic carbocycles. The summed E-state index contributed by atoms with van der Waals surface area (Å²) in [6.07, 6.45) is 2.65. The fourth-order valence-corrected chi connectivity index (χ4v) is 3.98. The van der Waals surface area contributed by atoms with Crippen LogP contribution in [-0.4, -0.2) is 24.0 Å². The van der Waals surface area contributed by atoms with Crippen molar-refractivity contribution in [3.63, 3.8) is 0 Å². The standard InChI is InChI=1S/C14H24N2S/c1-10(2)12-5-4-8-16(12)13(9-15)14-7-6-11(3)17-14/h6-7,10,12-13H,4-5,8-9,15H2,1-3H3. The van der Waals surface area contributed by atoms with Crippen LogP contribution < -0.4 is 5.73 Å². The Labute approximate surface area is 109 Å². The lowest BCUT2D eigenvalue weighted by molar-refractivity contribution is 0.151. The summed E-state index contributed by atoms with van der Waals surface area (Å²) in [5.74, 6) is 0.729. The normalized spacial score (nSPS) is 23.5. The van der Waals surface area contributed by atoms with Gasteiger partial charge in [-0.05, 0) is 44.4 Å². The van der Waals surface area contributed by atoms with E-state index in [2.05, 4.69) is 37.8 Å². The van der Waals surface area contributed by atoms with E-state index in [1.54, 1.807) is 0 Å². The maximum atomic E-state index is 6.02. The van der Waals surface area contributed by atoms with Crippen molar-refractivity contribution in [3.8, 4) is 0 Å². The highest BCUT2D eigenvalue weighted by molar-refractivity contribution is 7.12. The highest BCUT2D eigenvalue weighted by atomic mass is 32.1. The molecule has 2 rings (SSSR count). The van der Waals surface area contributed by atoms with E-state index in [0.29, 0.717) is 12.1 Å². The van der Waals surface area contributed by atoms with Crippen LogP contribution in [0.3, 0.4) is 0 Å². The summed E-state index contributed by atoms with van der Waals surface area (Å²) < 4.78 is 0. The Hall–Kier alpha value is -0.380. The van der Waals surface area contributed by atoms with Gasteiger partial charge in [0.15, 0.2) is 0 Å². The highest BCUT2D eigenvalue weighted by Crippen LogP contribution is 2.34. The number of nitrogens with two attached hydrogens (primary N) is 1. The van der Waals surface area contributed by atoms with Gasteiger partial charge in [-0.25, -0.2) is 0 Å². The second-order valence-corrected chi connectivity index (χ2v) is 6.71. The van der Waals surface area contributed by atoms with Crippen molar-refractivity contribution >= 4 is 11.3 Å². The summed E-state index contributed by atoms with van der Waals surface area (Å²) in [7, 11) is 0. The van der Waals surface area contributed by atoms with E-state index in [0.717, 1.165) is 12.5 Å². The van der Waals surface area contributed by atoms with Crippen LogP contribution >= 0.6 is 11.3 Å². The first-order valence-electron chi connectivity index (χ1n) is 6.65. The molecule has 2 atom stereocenters. The molecule has 0 saturated carbocycles. The molecule has 96 valence electrons. The van der Waals surface area contributed by atoms with E-state index in [4.69, 9.17) is 5.73 Å². The molecule has 0 aromatic carbocycles. The minimum absolute atomic E-state index is 0.434. The van der Waals surface area contributed by atoms with Crippen LogP contribution in [0.5, 0.6) is 0 Å². The zero-order valence-electron chi connectivity index (χ0n) is 11.1. The first kappa shape index (κ1) is 13.1. The predicted octanol–water partition coefficient (Wildman–Crippen LogP) is 3.18. The van der Waals surface area contributed by atoms with Crippen molar-refractivity contribution in [2.24, 2.45) is 11.7 Å². The number of hydrogen-bond acceptors (Lipinski definition) is 3. The summed E-state index contributed by atoms with van der Waals surface area (Å²) >= 11 is 1.90. The first-order valence-corrected chi connectivity index (χ1v) is 7.47. The third kappa shape index (κ3) is 2.72. The molecule has 17 heavy (non-hydrogen) atoms. The molecule has 1 aliphatic rings. The number of aryl methyl sites for hydroxylation is 1. The largest absolute Gasteiger partial charge is 0.329 e. The molecule has 1 fully saturated rings. The summed E-state index contributed by atoms with van der Waals surface area (Å²) in [5, 5.41) is 0. The molecule has 0 bridgehead atoms. The Balaban J connectivity index is 2.18. The lowest BCUT2D eigenvalue weighted by Crippen LogP contribution is -2.39. The summed E-state index contributed by atoms with van der Waals surface area (Å²) in [6.45, 7) is 8.78. The molecule has 0 radical (unpaired) electrons. The van der Waals surface area contributed by atoms with Crippen molar-refractivity contribution < 1.29 is 0 Å². The molecule has 3 heteroatoms. The topological polar surface area (TPSA) is 29.3 Å². The van der Waals surface area contributed by atoms with Crippen LogP contribution in [0.4, 0.5) is 0 Å². The molecule has 0 amide bonds. The average molecular weight is 252 g/mol. The number of rotatable bonds is 4. The molecule has 1 saturated heterocycles. The lowest BCUT2D eigenvalue weighted by atomic mass is 10.0. The molecule has 2 heterocycles. The maximum absolute atomic E-state index is 6.02. The van der Waals surface area contributed by atoms with Gasteiger partial charge in [0, 0.05) is 22.3 Å². The molecule has 1 aliphatic heterocycles. The fourth-order valence-electron chi connectivity index (χ4n) is 2.97. The number of thiophene rings is 1. The molecule has 0 spiro atoms. The Morgan fingerprint density at radius 1 is 1.47 bits per heavy atom. The molecular weight excluding hydrogens is 228 g/mol. The van der Waals surface area contributed by atoms with Crippen molar-refractivity contribution in [2.45, 2.75) is 45.7 Å². The smallest absolute Gasteiger partial charge is 0.0566 e. The van der Waals surface area contributed by atoms with Crippen molar-refractivity contribution in [2.75, 3.05) is 13.1 Å². The molecule has 1 aromatic rings. The summed E-state index contributed by atoms with van der Waals surface area (Å²) in [5.41, 5.74) is 6.02. The Morgan fingerprint density at radius 2 is 2.24 bits per heavy atom. The maximum Gasteiger partial charge on any atom is 0.0566 e. The van der Waals surface area contributed by atoms with E-state index < -0.39 is 0 Å². The second-order valence-electron chi connectivity index (χ2n) is 5.39. The third-order valence-electron chi connectivity index (χ3n) is 3.82. The molecule has 2 unspecified atom stereocenters. The molecular formula is C14H24N2S. The first-order chi connectivity index (χ1) is 8.13. The van der Waals surface area contributed by atoms with Gasteiger partial charge in [0.25, 0.3) is 0 Å². The SMILES string of the molecule is Cc1ccc(C(CN)N2CCCC2C(C)C)s1. The third-order valence-corrected chi connectivity index (χ3v) is 4.93. The van der Waals surface area contributed by atoms with Crippen molar-refractivity contribution in [3.05, 3.63) is 21.9 Å². The van der Waals surface area contributed by atoms with Gasteiger partial charge < -0.3 is 5.73 Å². The Bertz CT molecular complexity index is 359. The quantitative estimate of drug-likeness (QED) is 0.892.